The largest absolute Gasteiger partial charge is 0.507 e. The highest BCUT2D eigenvalue weighted by Gasteiger charge is 2.52. The molecule has 0 amide bonds. The molecule has 4 aliphatic carbocycles. The first-order valence-electron chi connectivity index (χ1n) is 24.9. The summed E-state index contributed by atoms with van der Waals surface area (Å²) in [6.45, 7) is -0.0274. The van der Waals surface area contributed by atoms with Gasteiger partial charge in [-0.3, -0.25) is 28.8 Å². The summed E-state index contributed by atoms with van der Waals surface area (Å²) < 4.78 is 23.4. The Hall–Kier alpha value is -6.46. The molecule has 2 heterocycles. The number of hydrogen-bond acceptors (Lipinski definition) is 24. The van der Waals surface area contributed by atoms with Gasteiger partial charge in [0.25, 0.3) is 0 Å². The number of ether oxygens (including phenoxy) is 4. The smallest absolute Gasteiger partial charge is 0.198 e. The quantitative estimate of drug-likeness (QED) is 0.0729. The van der Waals surface area contributed by atoms with E-state index in [0.29, 0.717) is 0 Å². The molecule has 2 fully saturated rings. The highest BCUT2D eigenvalue weighted by atomic mass is 16.7. The van der Waals surface area contributed by atoms with Gasteiger partial charge in [0.1, 0.15) is 47.4 Å². The first-order valence-corrected chi connectivity index (χ1v) is 24.9. The van der Waals surface area contributed by atoms with E-state index >= 15 is 0 Å². The summed E-state index contributed by atoms with van der Waals surface area (Å²) in [5.41, 5.74) is 4.69. The average Bonchev–Trinajstić information content (AvgIpc) is 3.50. The van der Waals surface area contributed by atoms with Crippen LogP contribution in [0.4, 0.5) is 0 Å². The minimum atomic E-state index is -2.25. The summed E-state index contributed by atoms with van der Waals surface area (Å²) in [4.78, 5) is 79.3. The third kappa shape index (κ3) is 9.09. The van der Waals surface area contributed by atoms with Crippen LogP contribution in [0.15, 0.2) is 36.4 Å². The summed E-state index contributed by atoms with van der Waals surface area (Å²) in [6.07, 6.45) is -10.4. The van der Waals surface area contributed by atoms with Gasteiger partial charge in [0.15, 0.2) is 47.3 Å². The molecule has 416 valence electrons. The normalized spacial score (nSPS) is 29.9. The molecule has 12 atom stereocenters. The summed E-state index contributed by atoms with van der Waals surface area (Å²) in [5.74, 6) is -8.00. The Morgan fingerprint density at radius 2 is 0.910 bits per heavy atom. The average molecular weight is 1090 g/mol. The van der Waals surface area contributed by atoms with Crippen LogP contribution in [0.2, 0.25) is 0 Å². The van der Waals surface area contributed by atoms with E-state index in [1.54, 1.807) is 13.8 Å². The highest BCUT2D eigenvalue weighted by molar-refractivity contribution is 6.32. The number of nitrogens with two attached hydrogens (primary N) is 2. The third-order valence-electron chi connectivity index (χ3n) is 15.8. The number of rotatable bonds is 10. The second-order valence-corrected chi connectivity index (χ2v) is 20.5. The number of aliphatic hydroxyl groups is 8. The Labute approximate surface area is 442 Å². The van der Waals surface area contributed by atoms with Crippen LogP contribution in [0.25, 0.3) is 0 Å². The topological polar surface area (TPSA) is 434 Å². The van der Waals surface area contributed by atoms with Crippen molar-refractivity contribution in [1.82, 2.24) is 0 Å². The molecule has 10 rings (SSSR count). The van der Waals surface area contributed by atoms with E-state index < -0.39 is 205 Å². The van der Waals surface area contributed by atoms with E-state index in [-0.39, 0.29) is 68.5 Å². The minimum absolute atomic E-state index is 0.00600. The molecule has 0 saturated carbocycles. The molecule has 6 aliphatic rings. The molecular weight excluding hydrogens is 1030 g/mol. The van der Waals surface area contributed by atoms with E-state index in [2.05, 4.69) is 0 Å². The van der Waals surface area contributed by atoms with Crippen molar-refractivity contribution in [3.63, 3.8) is 0 Å². The number of phenols is 4. The van der Waals surface area contributed by atoms with Crippen molar-refractivity contribution in [1.29, 1.82) is 0 Å². The molecule has 24 heteroatoms. The molecule has 2 unspecified atom stereocenters. The van der Waals surface area contributed by atoms with Crippen LogP contribution in [-0.4, -0.2) is 169 Å². The number of carbonyl (C=O) groups excluding carboxylic acids is 6. The molecule has 2 saturated heterocycles. The Morgan fingerprint density at radius 3 is 1.23 bits per heavy atom. The SMILES string of the molecule is C[C@@H]1OC(O[C@H]2C[C@](O)(C(=O)CO)Cc3c(O)c4c(c(O)c32)C(=O)c2c(CO)cccc2C4=O)C[C@H](N)[C@@H]1O.C[C@@H]1OC(O[C@H]2C[C@](O)(C(=O)CO)Cc3c(O)c4c(c(O)c32)C(=O)c2c(CO)cccc2C4=O)C[C@H](N)[C@H]1O. The highest BCUT2D eigenvalue weighted by Crippen LogP contribution is 2.54. The van der Waals surface area contributed by atoms with E-state index in [0.717, 1.165) is 0 Å². The summed E-state index contributed by atoms with van der Waals surface area (Å²) in [5, 5.41) is 127. The van der Waals surface area contributed by atoms with Gasteiger partial charge in [-0.1, -0.05) is 36.4 Å². The van der Waals surface area contributed by atoms with E-state index in [1.807, 2.05) is 0 Å². The lowest BCUT2D eigenvalue weighted by atomic mass is 9.71. The van der Waals surface area contributed by atoms with Crippen molar-refractivity contribution in [2.24, 2.45) is 11.5 Å². The van der Waals surface area contributed by atoms with Crippen molar-refractivity contribution in [3.05, 3.63) is 114 Å². The molecule has 0 bridgehead atoms. The Kier molecular flexibility index (Phi) is 15.1. The molecule has 0 spiro atoms. The predicted molar refractivity (Wildman–Crippen MR) is 262 cm³/mol. The molecule has 24 nitrogen and oxygen atoms in total. The van der Waals surface area contributed by atoms with E-state index in [9.17, 15) is 90.0 Å². The number of ketones is 6. The molecular formula is C54H58N2O22. The Morgan fingerprint density at radius 1 is 0.564 bits per heavy atom. The first-order chi connectivity index (χ1) is 36.9. The summed E-state index contributed by atoms with van der Waals surface area (Å²) >= 11 is 0. The standard InChI is InChI=1S/2C27H29NO11/c2*1-10-22(32)14(28)5-17(38-10)39-15-7-27(37,16(31)9-30)6-13-19(15)26(36)21-20(24(13)34)23(33)12-4-2-3-11(8-29)18(12)25(21)35/h2*2-4,10,14-15,17,22,29-30,32,34,36-37H,5-9,28H2,1H3/t10-,14-,15-,17?,22+,27-;10-,14-,15-,17?,22-,27-/m00/s1. The fourth-order valence-corrected chi connectivity index (χ4v) is 11.6. The number of fused-ring (bicyclic) bond motifs is 6. The van der Waals surface area contributed by atoms with Crippen molar-refractivity contribution in [2.45, 2.75) is 138 Å². The lowest BCUT2D eigenvalue weighted by Crippen LogP contribution is -2.53. The van der Waals surface area contributed by atoms with Gasteiger partial charge < -0.3 is 91.7 Å². The maximum Gasteiger partial charge on any atom is 0.198 e. The van der Waals surface area contributed by atoms with Crippen LogP contribution in [0, 0.1) is 0 Å². The van der Waals surface area contributed by atoms with Crippen molar-refractivity contribution < 1.29 is 109 Å². The number of hydrogen-bond donors (Lipinski definition) is 14. The van der Waals surface area contributed by atoms with Gasteiger partial charge in [0.2, 0.25) is 0 Å². The molecule has 0 aromatic heterocycles. The second kappa shape index (κ2) is 21.0. The molecule has 4 aromatic rings. The number of Topliss-reactive ketones (excluding diaryl/α,β-unsaturated/α-hetero) is 2. The van der Waals surface area contributed by atoms with Gasteiger partial charge in [-0.05, 0) is 25.0 Å². The zero-order valence-corrected chi connectivity index (χ0v) is 41.9. The fourth-order valence-electron chi connectivity index (χ4n) is 11.6. The van der Waals surface area contributed by atoms with Gasteiger partial charge in [-0.15, -0.1) is 0 Å². The van der Waals surface area contributed by atoms with Crippen molar-refractivity contribution in [2.75, 3.05) is 13.2 Å². The second-order valence-electron chi connectivity index (χ2n) is 20.5. The Balaban J connectivity index is 0.000000190. The maximum atomic E-state index is 13.6. The first kappa shape index (κ1) is 56.3. The fraction of sp³-hybridized carbons (Fsp3) is 0.444. The molecule has 16 N–H and O–H groups in total. The Bertz CT molecular complexity index is 2960. The number of benzene rings is 4. The molecule has 4 aromatic carbocycles. The summed E-state index contributed by atoms with van der Waals surface area (Å²) in [7, 11) is 0. The molecule has 78 heavy (non-hydrogen) atoms. The number of aromatic hydroxyl groups is 4. The number of carbonyl (C=O) groups is 6. The van der Waals surface area contributed by atoms with Crippen LogP contribution < -0.4 is 11.5 Å². The molecule has 0 radical (unpaired) electrons. The van der Waals surface area contributed by atoms with E-state index in [4.69, 9.17) is 30.4 Å². The summed E-state index contributed by atoms with van der Waals surface area (Å²) in [6, 6.07) is 7.06. The van der Waals surface area contributed by atoms with Crippen LogP contribution in [0.1, 0.15) is 149 Å². The number of aliphatic hydroxyl groups excluding tert-OH is 6. The van der Waals surface area contributed by atoms with Crippen molar-refractivity contribution >= 4 is 34.7 Å². The van der Waals surface area contributed by atoms with E-state index in [1.165, 1.54) is 36.4 Å². The van der Waals surface area contributed by atoms with Crippen LogP contribution in [0.5, 0.6) is 23.0 Å². The van der Waals surface area contributed by atoms with Gasteiger partial charge in [-0.2, -0.15) is 0 Å². The van der Waals surface area contributed by atoms with Crippen LogP contribution in [-0.2, 0) is 54.6 Å². The zero-order chi connectivity index (χ0) is 56.8. The van der Waals surface area contributed by atoms with Crippen LogP contribution >= 0.6 is 0 Å². The van der Waals surface area contributed by atoms with Gasteiger partial charge in [0, 0.05) is 95.1 Å². The third-order valence-corrected chi connectivity index (χ3v) is 15.8. The maximum absolute atomic E-state index is 13.6. The molecule has 2 aliphatic heterocycles. The van der Waals surface area contributed by atoms with Crippen LogP contribution in [0.3, 0.4) is 0 Å². The zero-order valence-electron chi connectivity index (χ0n) is 41.9. The van der Waals surface area contributed by atoms with Crippen molar-refractivity contribution in [3.8, 4) is 23.0 Å². The lowest BCUT2D eigenvalue weighted by Gasteiger charge is -2.42. The number of phenolic OH excluding ortho intramolecular Hbond substituents is 4. The van der Waals surface area contributed by atoms with Gasteiger partial charge in [-0.25, -0.2) is 0 Å². The predicted octanol–water partition coefficient (Wildman–Crippen LogP) is -1.03. The lowest BCUT2D eigenvalue weighted by molar-refractivity contribution is -0.247. The van der Waals surface area contributed by atoms with Gasteiger partial charge in [0.05, 0.1) is 72.1 Å². The monoisotopic (exact) mass is 1090 g/mol. The minimum Gasteiger partial charge on any atom is -0.507 e. The van der Waals surface area contributed by atoms with Gasteiger partial charge >= 0.3 is 0 Å².